The fourth-order valence-electron chi connectivity index (χ4n) is 3.08. The van der Waals surface area contributed by atoms with Gasteiger partial charge in [-0.3, -0.25) is 10.1 Å². The molecular weight excluding hydrogens is 430 g/mol. The molecule has 0 aliphatic carbocycles. The van der Waals surface area contributed by atoms with E-state index in [2.05, 4.69) is 17.9 Å². The molecule has 0 aliphatic rings. The minimum Gasteiger partial charge on any atom is -0.491 e. The average Bonchev–Trinajstić information content (AvgIpc) is 2.77. The van der Waals surface area contributed by atoms with E-state index in [1.165, 1.54) is 0 Å². The Morgan fingerprint density at radius 3 is 2.31 bits per heavy atom. The van der Waals surface area contributed by atoms with Gasteiger partial charge in [-0.2, -0.15) is 12.6 Å². The molecule has 0 unspecified atom stereocenters. The molecule has 1 atom stereocenters. The van der Waals surface area contributed by atoms with Gasteiger partial charge in [0.15, 0.2) is 0 Å². The topological polar surface area (TPSA) is 94.1 Å². The maximum absolute atomic E-state index is 12.7. The highest BCUT2D eigenvalue weighted by molar-refractivity contribution is 7.81. The van der Waals surface area contributed by atoms with E-state index in [4.69, 9.17) is 19.3 Å². The van der Waals surface area contributed by atoms with Gasteiger partial charge in [-0.15, -0.1) is 0 Å². The van der Waals surface area contributed by atoms with E-state index < -0.39 is 23.6 Å². The van der Waals surface area contributed by atoms with Crippen LogP contribution in [0.2, 0.25) is 0 Å². The van der Waals surface area contributed by atoms with Gasteiger partial charge in [0.25, 0.3) is 0 Å². The number of thiol groups is 1. The second kappa shape index (κ2) is 12.4. The summed E-state index contributed by atoms with van der Waals surface area (Å²) < 4.78 is 16.4. The molecule has 2 aromatic rings. The van der Waals surface area contributed by atoms with Crippen LogP contribution in [-0.2, 0) is 14.3 Å². The first-order chi connectivity index (χ1) is 15.2. The summed E-state index contributed by atoms with van der Waals surface area (Å²) in [6, 6.07) is 14.6. The van der Waals surface area contributed by atoms with Crippen LogP contribution in [0.3, 0.4) is 0 Å². The number of carbonyl (C=O) groups is 2. The van der Waals surface area contributed by atoms with Crippen LogP contribution in [-0.4, -0.2) is 42.7 Å². The van der Waals surface area contributed by atoms with Gasteiger partial charge in [0.2, 0.25) is 0 Å². The minimum absolute atomic E-state index is 0.00855. The van der Waals surface area contributed by atoms with Gasteiger partial charge in [0.1, 0.15) is 18.5 Å². The number of benzene rings is 2. The number of aliphatic hydroxyl groups excluding tert-OH is 1. The number of esters is 1. The molecule has 0 radical (unpaired) electrons. The summed E-state index contributed by atoms with van der Waals surface area (Å²) in [4.78, 5) is 24.1. The van der Waals surface area contributed by atoms with Crippen LogP contribution >= 0.6 is 12.6 Å². The maximum Gasteiger partial charge on any atom is 0.412 e. The number of rotatable bonds is 11. The highest BCUT2D eigenvalue weighted by Crippen LogP contribution is 2.40. The lowest BCUT2D eigenvalue weighted by Gasteiger charge is -2.34. The van der Waals surface area contributed by atoms with Crippen LogP contribution in [0.5, 0.6) is 5.75 Å². The Kier molecular flexibility index (Phi) is 9.87. The molecule has 1 amide bonds. The number of hydrogen-bond donors (Lipinski definition) is 3. The molecule has 8 heteroatoms. The van der Waals surface area contributed by atoms with Crippen molar-refractivity contribution in [3.8, 4) is 5.75 Å². The number of anilines is 1. The van der Waals surface area contributed by atoms with Crippen molar-refractivity contribution < 1.29 is 28.9 Å². The van der Waals surface area contributed by atoms with Gasteiger partial charge in [0.05, 0.1) is 19.0 Å². The van der Waals surface area contributed by atoms with Crippen molar-refractivity contribution in [2.45, 2.75) is 33.3 Å². The Morgan fingerprint density at radius 1 is 1.06 bits per heavy atom. The lowest BCUT2D eigenvalue weighted by molar-refractivity contribution is -0.141. The summed E-state index contributed by atoms with van der Waals surface area (Å²) in [6.07, 6.45) is -0.730. The minimum atomic E-state index is -0.616. The zero-order chi connectivity index (χ0) is 23.6. The number of aliphatic hydroxyl groups is 1. The molecule has 0 heterocycles. The SMILES string of the molecule is Cc1ccc(NC(=O)O[C@H](c2ccc(OCCO)cc2)C(C)(C)CCOC(=O)CS)cc1. The molecule has 0 saturated heterocycles. The van der Waals surface area contributed by atoms with Crippen molar-refractivity contribution >= 4 is 30.4 Å². The lowest BCUT2D eigenvalue weighted by Crippen LogP contribution is -2.30. The fourth-order valence-corrected chi connectivity index (χ4v) is 3.17. The van der Waals surface area contributed by atoms with Crippen LogP contribution in [0.15, 0.2) is 48.5 Å². The van der Waals surface area contributed by atoms with Crippen LogP contribution < -0.4 is 10.1 Å². The first kappa shape index (κ1) is 25.5. The normalized spacial score (nSPS) is 12.0. The lowest BCUT2D eigenvalue weighted by atomic mass is 9.80. The van der Waals surface area contributed by atoms with E-state index >= 15 is 0 Å². The first-order valence-corrected chi connectivity index (χ1v) is 11.0. The van der Waals surface area contributed by atoms with Gasteiger partial charge in [-0.05, 0) is 43.2 Å². The van der Waals surface area contributed by atoms with Crippen molar-refractivity contribution in [3.05, 3.63) is 59.7 Å². The number of hydrogen-bond acceptors (Lipinski definition) is 7. The molecule has 174 valence electrons. The van der Waals surface area contributed by atoms with E-state index in [1.54, 1.807) is 24.3 Å². The highest BCUT2D eigenvalue weighted by Gasteiger charge is 2.34. The zero-order valence-electron chi connectivity index (χ0n) is 18.7. The Morgan fingerprint density at radius 2 is 1.72 bits per heavy atom. The Bertz CT molecular complexity index is 867. The second-order valence-corrected chi connectivity index (χ2v) is 8.35. The number of aryl methyl sites for hydroxylation is 1. The molecule has 0 aromatic heterocycles. The molecule has 7 nitrogen and oxygen atoms in total. The Balaban J connectivity index is 2.17. The number of carbonyl (C=O) groups excluding carboxylic acids is 2. The first-order valence-electron chi connectivity index (χ1n) is 10.4. The number of amides is 1. The van der Waals surface area contributed by atoms with E-state index in [0.717, 1.165) is 11.1 Å². The van der Waals surface area contributed by atoms with E-state index in [1.807, 2.05) is 45.0 Å². The maximum atomic E-state index is 12.7. The van der Waals surface area contributed by atoms with Crippen molar-refractivity contribution in [1.29, 1.82) is 0 Å². The molecular formula is C24H31NO6S. The van der Waals surface area contributed by atoms with E-state index in [0.29, 0.717) is 17.9 Å². The summed E-state index contributed by atoms with van der Waals surface area (Å²) in [6.45, 7) is 6.16. The molecule has 2 aromatic carbocycles. The monoisotopic (exact) mass is 461 g/mol. The van der Waals surface area contributed by atoms with Gasteiger partial charge < -0.3 is 19.3 Å². The van der Waals surface area contributed by atoms with Gasteiger partial charge in [-0.25, -0.2) is 4.79 Å². The zero-order valence-corrected chi connectivity index (χ0v) is 19.6. The highest BCUT2D eigenvalue weighted by atomic mass is 32.1. The predicted octanol–water partition coefficient (Wildman–Crippen LogP) is 4.55. The van der Waals surface area contributed by atoms with Gasteiger partial charge in [-0.1, -0.05) is 43.7 Å². The van der Waals surface area contributed by atoms with Crippen LogP contribution in [0, 0.1) is 12.3 Å². The van der Waals surface area contributed by atoms with Gasteiger partial charge >= 0.3 is 12.1 Å². The number of nitrogens with one attached hydrogen (secondary N) is 1. The Hall–Kier alpha value is -2.71. The smallest absolute Gasteiger partial charge is 0.412 e. The van der Waals surface area contributed by atoms with Crippen molar-refractivity contribution in [3.63, 3.8) is 0 Å². The van der Waals surface area contributed by atoms with Crippen molar-refractivity contribution in [1.82, 2.24) is 0 Å². The van der Waals surface area contributed by atoms with Crippen LogP contribution in [0.1, 0.15) is 37.5 Å². The van der Waals surface area contributed by atoms with E-state index in [-0.39, 0.29) is 25.6 Å². The summed E-state index contributed by atoms with van der Waals surface area (Å²) >= 11 is 3.91. The Labute approximate surface area is 194 Å². The molecule has 32 heavy (non-hydrogen) atoms. The van der Waals surface area contributed by atoms with Crippen molar-refractivity contribution in [2.24, 2.45) is 5.41 Å². The molecule has 0 spiro atoms. The standard InChI is InChI=1S/C24H31NO6S/c1-17-4-8-19(9-5-17)25-23(28)31-22(24(2,3)12-14-30-21(27)16-32)18-6-10-20(11-7-18)29-15-13-26/h4-11,22,26,32H,12-16H2,1-3H3,(H,25,28)/t22-/m1/s1. The molecule has 0 bridgehead atoms. The van der Waals surface area contributed by atoms with Crippen molar-refractivity contribution in [2.75, 3.05) is 30.9 Å². The van der Waals surface area contributed by atoms with Crippen LogP contribution in [0.25, 0.3) is 0 Å². The molecule has 0 aliphatic heterocycles. The number of ether oxygens (including phenoxy) is 3. The predicted molar refractivity (Wildman–Crippen MR) is 126 cm³/mol. The summed E-state index contributed by atoms with van der Waals surface area (Å²) in [7, 11) is 0. The van der Waals surface area contributed by atoms with E-state index in [9.17, 15) is 9.59 Å². The quantitative estimate of drug-likeness (QED) is 0.336. The third-order valence-corrected chi connectivity index (χ3v) is 5.17. The third-order valence-electron chi connectivity index (χ3n) is 4.91. The largest absolute Gasteiger partial charge is 0.491 e. The molecule has 2 N–H and O–H groups in total. The fraction of sp³-hybridized carbons (Fsp3) is 0.417. The summed E-state index contributed by atoms with van der Waals surface area (Å²) in [5.41, 5.74) is 1.94. The molecule has 2 rings (SSSR count). The average molecular weight is 462 g/mol. The second-order valence-electron chi connectivity index (χ2n) is 8.03. The molecule has 0 fully saturated rings. The molecule has 0 saturated carbocycles. The summed E-state index contributed by atoms with van der Waals surface area (Å²) in [5.74, 6) is 0.213. The van der Waals surface area contributed by atoms with Crippen LogP contribution in [0.4, 0.5) is 10.5 Å². The third kappa shape index (κ3) is 8.09. The summed E-state index contributed by atoms with van der Waals surface area (Å²) in [5, 5.41) is 11.7. The van der Waals surface area contributed by atoms with Gasteiger partial charge in [0, 0.05) is 11.1 Å².